The molecule has 0 amide bonds. The normalized spacial score (nSPS) is 9.84. The molecule has 0 aliphatic carbocycles. The number of hydrogen-bond acceptors (Lipinski definition) is 5. The van der Waals surface area contributed by atoms with Crippen LogP contribution in [0.25, 0.3) is 0 Å². The molecule has 0 bridgehead atoms. The molecule has 0 spiro atoms. The first-order valence-electron chi connectivity index (χ1n) is 6.53. The van der Waals surface area contributed by atoms with Crippen LogP contribution in [-0.2, 0) is 19.1 Å². The Kier molecular flexibility index (Phi) is 11.3. The Hall–Kier alpha value is -1.10. The molecule has 0 aromatic heterocycles. The number of halogens is 1. The van der Waals surface area contributed by atoms with E-state index in [-0.39, 0.29) is 24.8 Å². The van der Waals surface area contributed by atoms with Crippen molar-refractivity contribution in [2.45, 2.75) is 39.5 Å². The molecule has 6 heteroatoms. The first kappa shape index (κ1) is 17.9. The van der Waals surface area contributed by atoms with E-state index in [0.717, 1.165) is 12.8 Å². The molecule has 0 unspecified atom stereocenters. The first-order valence-corrected chi connectivity index (χ1v) is 7.06. The van der Waals surface area contributed by atoms with E-state index < -0.39 is 0 Å². The molecular weight excluding hydrogens is 270 g/mol. The molecule has 0 radical (unpaired) electrons. The van der Waals surface area contributed by atoms with Gasteiger partial charge in [0, 0.05) is 11.6 Å². The average molecular weight is 292 g/mol. The summed E-state index contributed by atoms with van der Waals surface area (Å²) >= 11 is 5.55. The Morgan fingerprint density at radius 2 is 1.47 bits per heavy atom. The average Bonchev–Trinajstić information content (AvgIpc) is 2.40. The molecule has 0 aliphatic heterocycles. The molecule has 0 atom stereocenters. The van der Waals surface area contributed by atoms with Gasteiger partial charge in [0.15, 0.2) is 0 Å². The van der Waals surface area contributed by atoms with Gasteiger partial charge in [-0.05, 0) is 12.8 Å². The maximum absolute atomic E-state index is 11.5. The molecule has 0 aromatic rings. The van der Waals surface area contributed by atoms with Crippen molar-refractivity contribution in [2.24, 2.45) is 4.99 Å². The summed E-state index contributed by atoms with van der Waals surface area (Å²) in [6, 6.07) is 0. The van der Waals surface area contributed by atoms with Gasteiger partial charge in [-0.25, -0.2) is 0 Å². The Labute approximate surface area is 119 Å². The number of aliphatic imine (C=N–C) groups is 1. The van der Waals surface area contributed by atoms with Crippen LogP contribution in [0.15, 0.2) is 4.99 Å². The van der Waals surface area contributed by atoms with Crippen molar-refractivity contribution in [1.29, 1.82) is 0 Å². The van der Waals surface area contributed by atoms with Crippen molar-refractivity contribution >= 4 is 29.3 Å². The second kappa shape index (κ2) is 12.0. The Morgan fingerprint density at radius 3 is 1.84 bits per heavy atom. The predicted octanol–water partition coefficient (Wildman–Crippen LogP) is 2.35. The third-order valence-electron chi connectivity index (χ3n) is 2.05. The van der Waals surface area contributed by atoms with Crippen molar-refractivity contribution < 1.29 is 19.1 Å². The minimum atomic E-state index is -0.376. The zero-order chi connectivity index (χ0) is 14.5. The molecular formula is C13H22ClNO4. The van der Waals surface area contributed by atoms with Gasteiger partial charge in [-0.15, -0.1) is 11.6 Å². The second-order valence-electron chi connectivity index (χ2n) is 3.93. The van der Waals surface area contributed by atoms with Crippen LogP contribution in [0.2, 0.25) is 0 Å². The second-order valence-corrected chi connectivity index (χ2v) is 4.31. The summed E-state index contributed by atoms with van der Waals surface area (Å²) in [5.41, 5.74) is 0.461. The smallest absolute Gasteiger partial charge is 0.311 e. The van der Waals surface area contributed by atoms with Crippen molar-refractivity contribution in [3.05, 3.63) is 0 Å². The molecule has 0 heterocycles. The largest absolute Gasteiger partial charge is 0.465 e. The van der Waals surface area contributed by atoms with Gasteiger partial charge in [-0.3, -0.25) is 14.6 Å². The number of nitrogens with zero attached hydrogens (tertiary/aromatic N) is 1. The van der Waals surface area contributed by atoms with Gasteiger partial charge in [0.2, 0.25) is 0 Å². The summed E-state index contributed by atoms with van der Waals surface area (Å²) in [4.78, 5) is 27.1. The van der Waals surface area contributed by atoms with Gasteiger partial charge in [0.1, 0.15) is 0 Å². The highest BCUT2D eigenvalue weighted by molar-refractivity contribution is 6.18. The third kappa shape index (κ3) is 10.5. The first-order chi connectivity index (χ1) is 9.13. The lowest BCUT2D eigenvalue weighted by Crippen LogP contribution is -2.17. The Balaban J connectivity index is 4.30. The summed E-state index contributed by atoms with van der Waals surface area (Å²) in [6.07, 6.45) is 1.55. The van der Waals surface area contributed by atoms with Crippen molar-refractivity contribution in [2.75, 3.05) is 25.6 Å². The molecule has 0 N–H and O–H groups in total. The van der Waals surface area contributed by atoms with Crippen molar-refractivity contribution in [3.8, 4) is 0 Å². The van der Waals surface area contributed by atoms with E-state index >= 15 is 0 Å². The lowest BCUT2D eigenvalue weighted by molar-refractivity contribution is -0.142. The summed E-state index contributed by atoms with van der Waals surface area (Å²) in [5.74, 6) is -0.408. The third-order valence-corrected chi connectivity index (χ3v) is 2.22. The van der Waals surface area contributed by atoms with Crippen LogP contribution >= 0.6 is 11.6 Å². The molecule has 0 saturated heterocycles. The van der Waals surface area contributed by atoms with Gasteiger partial charge in [0.25, 0.3) is 0 Å². The molecule has 110 valence electrons. The maximum Gasteiger partial charge on any atom is 0.311 e. The molecule has 19 heavy (non-hydrogen) atoms. The fourth-order valence-corrected chi connectivity index (χ4v) is 1.33. The van der Waals surface area contributed by atoms with E-state index in [1.54, 1.807) is 0 Å². The minimum absolute atomic E-state index is 0.0120. The van der Waals surface area contributed by atoms with E-state index in [1.165, 1.54) is 0 Å². The lowest BCUT2D eigenvalue weighted by atomic mass is 10.2. The SMILES string of the molecule is CCCOC(=O)CC(CC(=O)OCCC)=NCCCl. The Morgan fingerprint density at radius 1 is 1.00 bits per heavy atom. The van der Waals surface area contributed by atoms with Crippen LogP contribution in [0.3, 0.4) is 0 Å². The van der Waals surface area contributed by atoms with E-state index in [4.69, 9.17) is 21.1 Å². The summed E-state index contributed by atoms with van der Waals surface area (Å²) in [7, 11) is 0. The van der Waals surface area contributed by atoms with Crippen LogP contribution in [0, 0.1) is 0 Å². The number of carbonyl (C=O) groups is 2. The van der Waals surface area contributed by atoms with Gasteiger partial charge < -0.3 is 9.47 Å². The number of alkyl halides is 1. The quantitative estimate of drug-likeness (QED) is 0.352. The fraction of sp³-hybridized carbons (Fsp3) is 0.769. The van der Waals surface area contributed by atoms with Crippen molar-refractivity contribution in [3.63, 3.8) is 0 Å². The summed E-state index contributed by atoms with van der Waals surface area (Å²) in [5, 5.41) is 0. The highest BCUT2D eigenvalue weighted by Gasteiger charge is 2.13. The van der Waals surface area contributed by atoms with Crippen LogP contribution < -0.4 is 0 Å². The minimum Gasteiger partial charge on any atom is -0.465 e. The lowest BCUT2D eigenvalue weighted by Gasteiger charge is -2.07. The van der Waals surface area contributed by atoms with Crippen LogP contribution in [-0.4, -0.2) is 43.3 Å². The number of rotatable bonds is 10. The molecule has 0 aromatic carbocycles. The molecule has 5 nitrogen and oxygen atoms in total. The van der Waals surface area contributed by atoms with Crippen LogP contribution in [0.1, 0.15) is 39.5 Å². The summed E-state index contributed by atoms with van der Waals surface area (Å²) in [6.45, 7) is 4.96. The van der Waals surface area contributed by atoms with Gasteiger partial charge in [-0.1, -0.05) is 13.8 Å². The standard InChI is InChI=1S/C13H22ClNO4/c1-3-7-18-12(16)9-11(15-6-5-14)10-13(17)19-8-4-2/h3-10H2,1-2H3. The molecule has 0 aliphatic rings. The zero-order valence-corrected chi connectivity index (χ0v) is 12.4. The topological polar surface area (TPSA) is 65.0 Å². The van der Waals surface area contributed by atoms with Gasteiger partial charge in [-0.2, -0.15) is 0 Å². The van der Waals surface area contributed by atoms with Crippen molar-refractivity contribution in [1.82, 2.24) is 0 Å². The number of hydrogen-bond donors (Lipinski definition) is 0. The van der Waals surface area contributed by atoms with Crippen LogP contribution in [0.4, 0.5) is 0 Å². The van der Waals surface area contributed by atoms with E-state index in [2.05, 4.69) is 4.99 Å². The van der Waals surface area contributed by atoms with E-state index in [1.807, 2.05) is 13.8 Å². The number of carbonyl (C=O) groups excluding carboxylic acids is 2. The van der Waals surface area contributed by atoms with E-state index in [9.17, 15) is 9.59 Å². The van der Waals surface area contributed by atoms with Gasteiger partial charge >= 0.3 is 11.9 Å². The monoisotopic (exact) mass is 291 g/mol. The molecule has 0 saturated carbocycles. The molecule has 0 fully saturated rings. The highest BCUT2D eigenvalue weighted by Crippen LogP contribution is 2.01. The van der Waals surface area contributed by atoms with Gasteiger partial charge in [0.05, 0.1) is 32.6 Å². The molecule has 0 rings (SSSR count). The Bertz CT molecular complexity index is 281. The summed E-state index contributed by atoms with van der Waals surface area (Å²) < 4.78 is 9.92. The zero-order valence-electron chi connectivity index (χ0n) is 11.6. The maximum atomic E-state index is 11.5. The number of esters is 2. The number of ether oxygens (including phenoxy) is 2. The highest BCUT2D eigenvalue weighted by atomic mass is 35.5. The predicted molar refractivity (Wildman–Crippen MR) is 74.8 cm³/mol. The van der Waals surface area contributed by atoms with Crippen LogP contribution in [0.5, 0.6) is 0 Å². The fourth-order valence-electron chi connectivity index (χ4n) is 1.24. The van der Waals surface area contributed by atoms with E-state index in [0.29, 0.717) is 31.4 Å².